The summed E-state index contributed by atoms with van der Waals surface area (Å²) in [6.45, 7) is 0.871. The molecular weight excluding hydrogens is 230 g/mol. The minimum absolute atomic E-state index is 0.0429. The quantitative estimate of drug-likeness (QED) is 0.761. The van der Waals surface area contributed by atoms with Crippen LogP contribution in [0, 0.1) is 0 Å². The van der Waals surface area contributed by atoms with E-state index >= 15 is 0 Å². The Morgan fingerprint density at radius 2 is 2.00 bits per heavy atom. The molecule has 1 aliphatic rings. The molecule has 2 rings (SSSR count). The van der Waals surface area contributed by atoms with Gasteiger partial charge in [-0.05, 0) is 24.1 Å². The van der Waals surface area contributed by atoms with Gasteiger partial charge in [-0.1, -0.05) is 0 Å². The van der Waals surface area contributed by atoms with Crippen LogP contribution in [0.3, 0.4) is 0 Å². The Kier molecular flexibility index (Phi) is 3.00. The number of aldehydes is 1. The molecule has 0 unspecified atom stereocenters. The lowest BCUT2D eigenvalue weighted by Crippen LogP contribution is -2.11. The largest absolute Gasteiger partial charge is 0.454 e. The molecule has 0 atom stereocenters. The molecule has 0 amide bonds. The van der Waals surface area contributed by atoms with Crippen LogP contribution in [0.15, 0.2) is 12.1 Å². The summed E-state index contributed by atoms with van der Waals surface area (Å²) >= 11 is 0. The number of rotatable bonds is 4. The summed E-state index contributed by atoms with van der Waals surface area (Å²) in [6.07, 6.45) is 1.20. The summed E-state index contributed by atoms with van der Waals surface area (Å²) in [6, 6.07) is 2.82. The van der Waals surface area contributed by atoms with E-state index in [1.54, 1.807) is 0 Å². The van der Waals surface area contributed by atoms with E-state index in [0.717, 1.165) is 6.92 Å². The van der Waals surface area contributed by atoms with Crippen LogP contribution in [-0.4, -0.2) is 13.1 Å². The number of benzene rings is 1. The second kappa shape index (κ2) is 4.31. The molecule has 0 bridgehead atoms. The van der Waals surface area contributed by atoms with Crippen LogP contribution < -0.4 is 9.47 Å². The fourth-order valence-corrected chi connectivity index (χ4v) is 1.81. The lowest BCUT2D eigenvalue weighted by Gasteiger charge is -2.16. The number of carbonyl (C=O) groups is 1. The molecule has 1 aromatic rings. The van der Waals surface area contributed by atoms with E-state index in [9.17, 15) is 13.6 Å². The van der Waals surface area contributed by atoms with Gasteiger partial charge in [0.1, 0.15) is 6.29 Å². The van der Waals surface area contributed by atoms with Crippen molar-refractivity contribution in [3.63, 3.8) is 0 Å². The first-order valence-electron chi connectivity index (χ1n) is 5.27. The van der Waals surface area contributed by atoms with Gasteiger partial charge in [0.15, 0.2) is 11.5 Å². The molecule has 0 fully saturated rings. The van der Waals surface area contributed by atoms with E-state index in [4.69, 9.17) is 9.47 Å². The highest BCUT2D eigenvalue weighted by atomic mass is 19.3. The average Bonchev–Trinajstić information content (AvgIpc) is 2.70. The second-order valence-corrected chi connectivity index (χ2v) is 3.96. The highest BCUT2D eigenvalue weighted by Crippen LogP contribution is 2.40. The van der Waals surface area contributed by atoms with Gasteiger partial charge in [0.2, 0.25) is 6.79 Å². The van der Waals surface area contributed by atoms with Gasteiger partial charge in [0, 0.05) is 18.9 Å². The molecule has 1 heterocycles. The molecule has 0 N–H and O–H groups in total. The Morgan fingerprint density at radius 1 is 1.35 bits per heavy atom. The van der Waals surface area contributed by atoms with E-state index in [2.05, 4.69) is 0 Å². The molecule has 0 aromatic heterocycles. The van der Waals surface area contributed by atoms with Crippen molar-refractivity contribution in [3.05, 3.63) is 23.3 Å². The van der Waals surface area contributed by atoms with Gasteiger partial charge in [-0.3, -0.25) is 0 Å². The molecule has 1 aromatic carbocycles. The maximum absolute atomic E-state index is 13.4. The zero-order valence-electron chi connectivity index (χ0n) is 9.33. The van der Waals surface area contributed by atoms with Crippen molar-refractivity contribution in [2.24, 2.45) is 0 Å². The van der Waals surface area contributed by atoms with E-state index in [-0.39, 0.29) is 25.2 Å². The summed E-state index contributed by atoms with van der Waals surface area (Å²) in [4.78, 5) is 10.3. The Balaban J connectivity index is 2.43. The number of ether oxygens (including phenoxy) is 2. The predicted octanol–water partition coefficient (Wildman–Crippen LogP) is 2.66. The lowest BCUT2D eigenvalue weighted by atomic mass is 9.98. The highest BCUT2D eigenvalue weighted by Gasteiger charge is 2.30. The smallest absolute Gasteiger partial charge is 0.270 e. The van der Waals surface area contributed by atoms with Crippen molar-refractivity contribution in [1.29, 1.82) is 0 Å². The van der Waals surface area contributed by atoms with E-state index in [1.807, 2.05) is 0 Å². The van der Waals surface area contributed by atoms with Crippen LogP contribution in [0.2, 0.25) is 0 Å². The minimum Gasteiger partial charge on any atom is -0.454 e. The molecule has 0 spiro atoms. The molecule has 0 saturated heterocycles. The van der Waals surface area contributed by atoms with Crippen molar-refractivity contribution in [2.75, 3.05) is 6.79 Å². The summed E-state index contributed by atoms with van der Waals surface area (Å²) in [5.74, 6) is -2.17. The molecule has 17 heavy (non-hydrogen) atoms. The predicted molar refractivity (Wildman–Crippen MR) is 56.5 cm³/mol. The maximum atomic E-state index is 13.4. The number of alkyl halides is 2. The molecule has 5 heteroatoms. The topological polar surface area (TPSA) is 35.5 Å². The lowest BCUT2D eigenvalue weighted by molar-refractivity contribution is -0.107. The molecule has 92 valence electrons. The van der Waals surface area contributed by atoms with Crippen molar-refractivity contribution >= 4 is 6.29 Å². The third-order valence-electron chi connectivity index (χ3n) is 2.60. The van der Waals surface area contributed by atoms with E-state index < -0.39 is 5.92 Å². The standard InChI is InChI=1S/C12H12F2O3/c1-12(13,14)9-6-11-10(16-7-17-11)5-8(9)3-2-4-15/h4-6H,2-3,7H2,1H3. The SMILES string of the molecule is CC(F)(F)c1cc2c(cc1CCC=O)OCO2. The van der Waals surface area contributed by atoms with Crippen molar-refractivity contribution in [3.8, 4) is 11.5 Å². The fraction of sp³-hybridized carbons (Fsp3) is 0.417. The normalized spacial score (nSPS) is 13.8. The summed E-state index contributed by atoms with van der Waals surface area (Å²) < 4.78 is 37.1. The second-order valence-electron chi connectivity index (χ2n) is 3.96. The number of carbonyl (C=O) groups excluding carboxylic acids is 1. The molecule has 0 radical (unpaired) electrons. The summed E-state index contributed by atoms with van der Waals surface area (Å²) in [7, 11) is 0. The number of fused-ring (bicyclic) bond motifs is 1. The van der Waals surface area contributed by atoms with Crippen molar-refractivity contribution in [2.45, 2.75) is 25.7 Å². The van der Waals surface area contributed by atoms with Crippen LogP contribution in [0.1, 0.15) is 24.5 Å². The maximum Gasteiger partial charge on any atom is 0.270 e. The van der Waals surface area contributed by atoms with Gasteiger partial charge < -0.3 is 14.3 Å². The third-order valence-corrected chi connectivity index (χ3v) is 2.60. The van der Waals surface area contributed by atoms with Crippen LogP contribution in [0.4, 0.5) is 8.78 Å². The Bertz CT molecular complexity index is 438. The first-order chi connectivity index (χ1) is 8.02. The molecule has 0 saturated carbocycles. The van der Waals surface area contributed by atoms with Crippen LogP contribution in [0.25, 0.3) is 0 Å². The van der Waals surface area contributed by atoms with Gasteiger partial charge in [0.05, 0.1) is 0 Å². The summed E-state index contributed by atoms with van der Waals surface area (Å²) in [5, 5.41) is 0. The molecule has 0 aliphatic carbocycles. The third kappa shape index (κ3) is 2.38. The molecular formula is C12H12F2O3. The van der Waals surface area contributed by atoms with Gasteiger partial charge in [-0.15, -0.1) is 0 Å². The minimum atomic E-state index is -2.96. The Labute approximate surface area is 97.3 Å². The van der Waals surface area contributed by atoms with Crippen molar-refractivity contribution < 1.29 is 23.0 Å². The monoisotopic (exact) mass is 242 g/mol. The van der Waals surface area contributed by atoms with Crippen LogP contribution in [0.5, 0.6) is 11.5 Å². The van der Waals surface area contributed by atoms with E-state index in [1.165, 1.54) is 12.1 Å². The average molecular weight is 242 g/mol. The Hall–Kier alpha value is -1.65. The number of aryl methyl sites for hydroxylation is 1. The van der Waals surface area contributed by atoms with Gasteiger partial charge in [-0.25, -0.2) is 8.78 Å². The zero-order chi connectivity index (χ0) is 12.5. The van der Waals surface area contributed by atoms with Gasteiger partial charge >= 0.3 is 0 Å². The van der Waals surface area contributed by atoms with Crippen LogP contribution >= 0.6 is 0 Å². The highest BCUT2D eigenvalue weighted by molar-refractivity contribution is 5.53. The van der Waals surface area contributed by atoms with Gasteiger partial charge in [0.25, 0.3) is 5.92 Å². The fourth-order valence-electron chi connectivity index (χ4n) is 1.81. The summed E-state index contributed by atoms with van der Waals surface area (Å²) in [5.41, 5.74) is 0.317. The van der Waals surface area contributed by atoms with Gasteiger partial charge in [-0.2, -0.15) is 0 Å². The number of hydrogen-bond acceptors (Lipinski definition) is 3. The Morgan fingerprint density at radius 3 is 2.59 bits per heavy atom. The van der Waals surface area contributed by atoms with Crippen LogP contribution in [-0.2, 0) is 17.1 Å². The van der Waals surface area contributed by atoms with E-state index in [0.29, 0.717) is 23.3 Å². The molecule has 3 nitrogen and oxygen atoms in total. The zero-order valence-corrected chi connectivity index (χ0v) is 9.33. The number of hydrogen-bond donors (Lipinski definition) is 0. The number of halogens is 2. The first-order valence-corrected chi connectivity index (χ1v) is 5.27. The first kappa shape index (κ1) is 11.8. The molecule has 1 aliphatic heterocycles. The van der Waals surface area contributed by atoms with Crippen molar-refractivity contribution in [1.82, 2.24) is 0 Å².